The van der Waals surface area contributed by atoms with Crippen molar-refractivity contribution in [3.05, 3.63) is 53.1 Å². The molecule has 0 bridgehead atoms. The topological polar surface area (TPSA) is 67.9 Å². The van der Waals surface area contributed by atoms with Crippen molar-refractivity contribution in [3.63, 3.8) is 0 Å². The van der Waals surface area contributed by atoms with E-state index in [0.29, 0.717) is 35.9 Å². The number of amides is 2. The van der Waals surface area contributed by atoms with E-state index in [-0.39, 0.29) is 18.4 Å². The minimum Gasteiger partial charge on any atom is -0.493 e. The normalized spacial score (nSPS) is 13.2. The molecule has 2 aromatic carbocycles. The lowest BCUT2D eigenvalue weighted by molar-refractivity contribution is -0.132. The Morgan fingerprint density at radius 1 is 1.10 bits per heavy atom. The molecule has 0 atom stereocenters. The fourth-order valence-corrected chi connectivity index (χ4v) is 3.51. The molecule has 160 valence electrons. The number of carbonyl (C=O) groups is 2. The summed E-state index contributed by atoms with van der Waals surface area (Å²) in [6.07, 6.45) is 3.04. The number of likely N-dealkylation sites (tertiary alicyclic amines) is 1. The molecule has 2 aromatic rings. The molecule has 1 saturated heterocycles. The Balaban J connectivity index is 1.39. The van der Waals surface area contributed by atoms with Gasteiger partial charge in [0.25, 0.3) is 5.91 Å². The number of ether oxygens (including phenoxy) is 2. The summed E-state index contributed by atoms with van der Waals surface area (Å²) in [6.45, 7) is 4.00. The van der Waals surface area contributed by atoms with Crippen LogP contribution in [0.4, 0.5) is 5.69 Å². The van der Waals surface area contributed by atoms with E-state index in [1.807, 2.05) is 24.0 Å². The van der Waals surface area contributed by atoms with E-state index in [0.717, 1.165) is 37.2 Å². The van der Waals surface area contributed by atoms with Crippen LogP contribution in [0.15, 0.2) is 42.5 Å². The Morgan fingerprint density at radius 2 is 1.90 bits per heavy atom. The van der Waals surface area contributed by atoms with E-state index >= 15 is 0 Å². The Kier molecular flexibility index (Phi) is 7.97. The van der Waals surface area contributed by atoms with Crippen molar-refractivity contribution in [1.29, 1.82) is 0 Å². The third-order valence-electron chi connectivity index (χ3n) is 4.88. The Morgan fingerprint density at radius 3 is 2.67 bits per heavy atom. The highest BCUT2D eigenvalue weighted by Crippen LogP contribution is 2.22. The molecule has 3 rings (SSSR count). The van der Waals surface area contributed by atoms with E-state index in [2.05, 4.69) is 5.32 Å². The first-order valence-electron chi connectivity index (χ1n) is 10.2. The number of anilines is 1. The molecule has 0 radical (unpaired) electrons. The Hall–Kier alpha value is -2.73. The average Bonchev–Trinajstić information content (AvgIpc) is 3.26. The van der Waals surface area contributed by atoms with Gasteiger partial charge in [-0.3, -0.25) is 9.59 Å². The van der Waals surface area contributed by atoms with Crippen molar-refractivity contribution in [1.82, 2.24) is 4.90 Å². The van der Waals surface area contributed by atoms with Crippen molar-refractivity contribution < 1.29 is 19.1 Å². The van der Waals surface area contributed by atoms with Crippen LogP contribution in [0.3, 0.4) is 0 Å². The highest BCUT2D eigenvalue weighted by Gasteiger charge is 2.18. The Labute approximate surface area is 182 Å². The maximum Gasteiger partial charge on any atom is 0.260 e. The number of aryl methyl sites for hydroxylation is 1. The van der Waals surface area contributed by atoms with Gasteiger partial charge in [0.15, 0.2) is 6.61 Å². The van der Waals surface area contributed by atoms with Gasteiger partial charge in [0.1, 0.15) is 11.5 Å². The molecule has 2 amide bonds. The quantitative estimate of drug-likeness (QED) is 0.597. The lowest BCUT2D eigenvalue weighted by atomic mass is 10.2. The standard InChI is InChI=1S/C23H27ClN2O4/c1-17-14-18(24)9-10-21(17)29-13-5-8-22(27)25-19-6-4-7-20(15-19)30-16-23(28)26-11-2-3-12-26/h4,6-7,9-10,14-15H,2-3,5,8,11-13,16H2,1H3,(H,25,27). The third kappa shape index (κ3) is 6.66. The van der Waals surface area contributed by atoms with Gasteiger partial charge in [0.05, 0.1) is 6.61 Å². The summed E-state index contributed by atoms with van der Waals surface area (Å²) in [5, 5.41) is 3.53. The summed E-state index contributed by atoms with van der Waals surface area (Å²) < 4.78 is 11.3. The summed E-state index contributed by atoms with van der Waals surface area (Å²) in [5.41, 5.74) is 1.60. The second-order valence-electron chi connectivity index (χ2n) is 7.31. The van der Waals surface area contributed by atoms with Crippen molar-refractivity contribution in [2.45, 2.75) is 32.6 Å². The van der Waals surface area contributed by atoms with Crippen molar-refractivity contribution in [2.24, 2.45) is 0 Å². The lowest BCUT2D eigenvalue weighted by Gasteiger charge is -2.15. The average molecular weight is 431 g/mol. The summed E-state index contributed by atoms with van der Waals surface area (Å²) in [5.74, 6) is 1.23. The molecule has 1 aliphatic heterocycles. The van der Waals surface area contributed by atoms with E-state index in [1.54, 1.807) is 30.3 Å². The van der Waals surface area contributed by atoms with Crippen molar-refractivity contribution in [2.75, 3.05) is 31.6 Å². The van der Waals surface area contributed by atoms with Crippen LogP contribution in [0.2, 0.25) is 5.02 Å². The van der Waals surface area contributed by atoms with Gasteiger partial charge in [0.2, 0.25) is 5.91 Å². The summed E-state index contributed by atoms with van der Waals surface area (Å²) in [7, 11) is 0. The number of hydrogen-bond donors (Lipinski definition) is 1. The lowest BCUT2D eigenvalue weighted by Crippen LogP contribution is -2.32. The van der Waals surface area contributed by atoms with Crippen molar-refractivity contribution >= 4 is 29.1 Å². The van der Waals surface area contributed by atoms with Crippen LogP contribution in [-0.2, 0) is 9.59 Å². The predicted molar refractivity (Wildman–Crippen MR) is 117 cm³/mol. The van der Waals surface area contributed by atoms with Crippen LogP contribution in [-0.4, -0.2) is 43.0 Å². The first-order chi connectivity index (χ1) is 14.5. The van der Waals surface area contributed by atoms with Gasteiger partial charge in [-0.2, -0.15) is 0 Å². The van der Waals surface area contributed by atoms with Gasteiger partial charge in [0, 0.05) is 36.3 Å². The van der Waals surface area contributed by atoms with Gasteiger partial charge < -0.3 is 19.7 Å². The number of nitrogens with zero attached hydrogens (tertiary/aromatic N) is 1. The van der Waals surface area contributed by atoms with Crippen LogP contribution in [0, 0.1) is 6.92 Å². The molecule has 7 heteroatoms. The summed E-state index contributed by atoms with van der Waals surface area (Å²) >= 11 is 5.94. The SMILES string of the molecule is Cc1cc(Cl)ccc1OCCCC(=O)Nc1cccc(OCC(=O)N2CCCC2)c1. The van der Waals surface area contributed by atoms with Crippen LogP contribution < -0.4 is 14.8 Å². The molecule has 30 heavy (non-hydrogen) atoms. The van der Waals surface area contributed by atoms with E-state index in [9.17, 15) is 9.59 Å². The van der Waals surface area contributed by atoms with Gasteiger partial charge in [-0.25, -0.2) is 0 Å². The molecule has 6 nitrogen and oxygen atoms in total. The zero-order chi connectivity index (χ0) is 21.3. The summed E-state index contributed by atoms with van der Waals surface area (Å²) in [4.78, 5) is 26.1. The minimum absolute atomic E-state index is 0.00198. The zero-order valence-corrected chi connectivity index (χ0v) is 17.9. The smallest absolute Gasteiger partial charge is 0.260 e. The number of benzene rings is 2. The molecule has 1 heterocycles. The second kappa shape index (κ2) is 10.9. The molecule has 1 aliphatic rings. The van der Waals surface area contributed by atoms with Crippen LogP contribution >= 0.6 is 11.6 Å². The molecule has 0 unspecified atom stereocenters. The minimum atomic E-state index is -0.100. The predicted octanol–water partition coefficient (Wildman–Crippen LogP) is 4.45. The number of carbonyl (C=O) groups excluding carboxylic acids is 2. The van der Waals surface area contributed by atoms with Gasteiger partial charge >= 0.3 is 0 Å². The van der Waals surface area contributed by atoms with Gasteiger partial charge in [-0.15, -0.1) is 0 Å². The maximum absolute atomic E-state index is 12.2. The van der Waals surface area contributed by atoms with Crippen LogP contribution in [0.25, 0.3) is 0 Å². The highest BCUT2D eigenvalue weighted by atomic mass is 35.5. The second-order valence-corrected chi connectivity index (χ2v) is 7.75. The molecule has 1 fully saturated rings. The molecule has 0 spiro atoms. The monoisotopic (exact) mass is 430 g/mol. The number of rotatable bonds is 9. The fraction of sp³-hybridized carbons (Fsp3) is 0.391. The maximum atomic E-state index is 12.2. The van der Waals surface area contributed by atoms with Gasteiger partial charge in [-0.05, 0) is 62.1 Å². The molecule has 0 aromatic heterocycles. The molecular formula is C23H27ClN2O4. The zero-order valence-electron chi connectivity index (χ0n) is 17.2. The fourth-order valence-electron chi connectivity index (χ4n) is 3.28. The van der Waals surface area contributed by atoms with Crippen LogP contribution in [0.5, 0.6) is 11.5 Å². The number of hydrogen-bond acceptors (Lipinski definition) is 4. The third-order valence-corrected chi connectivity index (χ3v) is 5.12. The first kappa shape index (κ1) is 22.0. The van der Waals surface area contributed by atoms with E-state index in [4.69, 9.17) is 21.1 Å². The van der Waals surface area contributed by atoms with Crippen LogP contribution in [0.1, 0.15) is 31.2 Å². The van der Waals surface area contributed by atoms with E-state index in [1.165, 1.54) is 0 Å². The number of halogens is 1. The molecule has 0 aliphatic carbocycles. The Bertz CT molecular complexity index is 881. The first-order valence-corrected chi connectivity index (χ1v) is 10.6. The van der Waals surface area contributed by atoms with Gasteiger partial charge in [-0.1, -0.05) is 17.7 Å². The highest BCUT2D eigenvalue weighted by molar-refractivity contribution is 6.30. The number of nitrogens with one attached hydrogen (secondary N) is 1. The van der Waals surface area contributed by atoms with E-state index < -0.39 is 0 Å². The molecule has 0 saturated carbocycles. The molecule has 1 N–H and O–H groups in total. The summed E-state index contributed by atoms with van der Waals surface area (Å²) in [6, 6.07) is 12.5. The largest absolute Gasteiger partial charge is 0.493 e. The molecular weight excluding hydrogens is 404 g/mol. The van der Waals surface area contributed by atoms with Crippen molar-refractivity contribution in [3.8, 4) is 11.5 Å².